The van der Waals surface area contributed by atoms with E-state index in [4.69, 9.17) is 5.11 Å². The summed E-state index contributed by atoms with van der Waals surface area (Å²) in [4.78, 5) is 5.78. The average Bonchev–Trinajstić information content (AvgIpc) is 2.89. The maximum Gasteiger partial charge on any atom is 0.0900 e. The van der Waals surface area contributed by atoms with Crippen LogP contribution in [0.3, 0.4) is 0 Å². The van der Waals surface area contributed by atoms with Gasteiger partial charge in [-0.1, -0.05) is 0 Å². The first kappa shape index (κ1) is 16.1. The average molecular weight is 308 g/mol. The lowest BCUT2D eigenvalue weighted by Gasteiger charge is -2.13. The van der Waals surface area contributed by atoms with Gasteiger partial charge in [-0.3, -0.25) is 4.68 Å². The van der Waals surface area contributed by atoms with Crippen molar-refractivity contribution in [2.75, 3.05) is 6.61 Å². The fourth-order valence-corrected chi connectivity index (χ4v) is 3.55. The molecule has 0 aromatic carbocycles. The molecule has 2 rings (SSSR count). The summed E-state index contributed by atoms with van der Waals surface area (Å²) < 4.78 is 1.87. The highest BCUT2D eigenvalue weighted by Crippen LogP contribution is 2.25. The van der Waals surface area contributed by atoms with Gasteiger partial charge in [-0.25, -0.2) is 4.98 Å². The Morgan fingerprint density at radius 1 is 1.24 bits per heavy atom. The van der Waals surface area contributed by atoms with Crippen molar-refractivity contribution in [3.8, 4) is 0 Å². The highest BCUT2D eigenvalue weighted by atomic mass is 32.1. The van der Waals surface area contributed by atoms with E-state index in [1.165, 1.54) is 10.4 Å². The minimum Gasteiger partial charge on any atom is -0.394 e. The van der Waals surface area contributed by atoms with Crippen molar-refractivity contribution in [2.24, 2.45) is 0 Å². The van der Waals surface area contributed by atoms with Gasteiger partial charge in [-0.2, -0.15) is 5.10 Å². The second-order valence-electron chi connectivity index (χ2n) is 5.38. The molecule has 0 spiro atoms. The molecule has 6 heteroatoms. The van der Waals surface area contributed by atoms with Crippen LogP contribution in [-0.4, -0.2) is 26.5 Å². The Kier molecular flexibility index (Phi) is 5.13. The van der Waals surface area contributed by atoms with Gasteiger partial charge < -0.3 is 10.4 Å². The first-order valence-electron chi connectivity index (χ1n) is 7.25. The summed E-state index contributed by atoms with van der Waals surface area (Å²) >= 11 is 1.75. The molecule has 0 unspecified atom stereocenters. The number of nitrogens with one attached hydrogen (secondary N) is 1. The SMILES string of the molecule is Cc1nc(C)c([C@H](C)NCc2c(C)nn(CCO)c2C)s1. The summed E-state index contributed by atoms with van der Waals surface area (Å²) in [5, 5.41) is 18.2. The Morgan fingerprint density at radius 3 is 2.52 bits per heavy atom. The maximum atomic E-state index is 9.06. The van der Waals surface area contributed by atoms with Crippen LogP contribution in [-0.2, 0) is 13.1 Å². The lowest BCUT2D eigenvalue weighted by atomic mass is 10.1. The van der Waals surface area contributed by atoms with E-state index in [2.05, 4.69) is 36.2 Å². The third-order valence-corrected chi connectivity index (χ3v) is 5.02. The van der Waals surface area contributed by atoms with E-state index in [0.717, 1.165) is 28.6 Å². The van der Waals surface area contributed by atoms with Crippen LogP contribution in [0.1, 0.15) is 45.5 Å². The van der Waals surface area contributed by atoms with Gasteiger partial charge in [0, 0.05) is 28.7 Å². The van der Waals surface area contributed by atoms with Crippen LogP contribution in [0.25, 0.3) is 0 Å². The number of thiazole rings is 1. The molecule has 0 aliphatic carbocycles. The van der Waals surface area contributed by atoms with Gasteiger partial charge in [-0.05, 0) is 34.6 Å². The highest BCUT2D eigenvalue weighted by Gasteiger charge is 2.15. The highest BCUT2D eigenvalue weighted by molar-refractivity contribution is 7.11. The summed E-state index contributed by atoms with van der Waals surface area (Å²) in [6.07, 6.45) is 0. The van der Waals surface area contributed by atoms with Gasteiger partial charge in [0.05, 0.1) is 29.5 Å². The molecule has 1 atom stereocenters. The minimum absolute atomic E-state index is 0.116. The third-order valence-electron chi connectivity index (χ3n) is 3.76. The number of aryl methyl sites for hydroxylation is 3. The number of aliphatic hydroxyl groups excluding tert-OH is 1. The predicted molar refractivity (Wildman–Crippen MR) is 85.6 cm³/mol. The van der Waals surface area contributed by atoms with Crippen molar-refractivity contribution in [3.05, 3.63) is 32.5 Å². The summed E-state index contributed by atoms with van der Waals surface area (Å²) in [6.45, 7) is 11.8. The number of hydrogen-bond donors (Lipinski definition) is 2. The number of hydrogen-bond acceptors (Lipinski definition) is 5. The molecule has 2 N–H and O–H groups in total. The Hall–Kier alpha value is -1.24. The number of aromatic nitrogens is 3. The van der Waals surface area contributed by atoms with Gasteiger partial charge in [0.1, 0.15) is 0 Å². The predicted octanol–water partition coefficient (Wildman–Crippen LogP) is 2.42. The van der Waals surface area contributed by atoms with E-state index in [1.54, 1.807) is 11.3 Å². The third kappa shape index (κ3) is 3.51. The summed E-state index contributed by atoms with van der Waals surface area (Å²) in [5.74, 6) is 0. The minimum atomic E-state index is 0.116. The Balaban J connectivity index is 2.08. The normalized spacial score (nSPS) is 12.9. The quantitative estimate of drug-likeness (QED) is 0.860. The van der Waals surface area contributed by atoms with Gasteiger partial charge in [-0.15, -0.1) is 11.3 Å². The molecule has 21 heavy (non-hydrogen) atoms. The first-order chi connectivity index (χ1) is 9.93. The number of aliphatic hydroxyl groups is 1. The van der Waals surface area contributed by atoms with E-state index in [1.807, 2.05) is 18.5 Å². The largest absolute Gasteiger partial charge is 0.394 e. The van der Waals surface area contributed by atoms with Gasteiger partial charge >= 0.3 is 0 Å². The van der Waals surface area contributed by atoms with Crippen molar-refractivity contribution in [1.82, 2.24) is 20.1 Å². The molecule has 0 aliphatic heterocycles. The number of rotatable bonds is 6. The monoisotopic (exact) mass is 308 g/mol. The van der Waals surface area contributed by atoms with E-state index in [0.29, 0.717) is 6.54 Å². The summed E-state index contributed by atoms with van der Waals surface area (Å²) in [6, 6.07) is 0.274. The molecule has 2 heterocycles. The van der Waals surface area contributed by atoms with Crippen LogP contribution in [0.5, 0.6) is 0 Å². The van der Waals surface area contributed by atoms with Crippen molar-refractivity contribution >= 4 is 11.3 Å². The molecule has 5 nitrogen and oxygen atoms in total. The maximum absolute atomic E-state index is 9.06. The zero-order valence-corrected chi connectivity index (χ0v) is 14.2. The van der Waals surface area contributed by atoms with Crippen molar-refractivity contribution in [1.29, 1.82) is 0 Å². The molecule has 0 radical (unpaired) electrons. The fraction of sp³-hybridized carbons (Fsp3) is 0.600. The summed E-state index contributed by atoms with van der Waals surface area (Å²) in [7, 11) is 0. The topological polar surface area (TPSA) is 63.0 Å². The van der Waals surface area contributed by atoms with E-state index < -0.39 is 0 Å². The molecule has 0 saturated carbocycles. The fourth-order valence-electron chi connectivity index (χ4n) is 2.60. The van der Waals surface area contributed by atoms with Crippen LogP contribution in [0.4, 0.5) is 0 Å². The summed E-state index contributed by atoms with van der Waals surface area (Å²) in [5.41, 5.74) is 4.48. The van der Waals surface area contributed by atoms with E-state index in [9.17, 15) is 0 Å². The second-order valence-corrected chi connectivity index (χ2v) is 6.62. The molecule has 0 amide bonds. The lowest BCUT2D eigenvalue weighted by Crippen LogP contribution is -2.19. The van der Waals surface area contributed by atoms with Crippen LogP contribution in [0.2, 0.25) is 0 Å². The van der Waals surface area contributed by atoms with Crippen LogP contribution >= 0.6 is 11.3 Å². The van der Waals surface area contributed by atoms with Crippen molar-refractivity contribution in [2.45, 2.75) is 53.8 Å². The van der Waals surface area contributed by atoms with Gasteiger partial charge in [0.15, 0.2) is 0 Å². The lowest BCUT2D eigenvalue weighted by molar-refractivity contribution is 0.267. The first-order valence-corrected chi connectivity index (χ1v) is 8.06. The second kappa shape index (κ2) is 6.68. The molecule has 2 aromatic rings. The molecule has 0 aliphatic rings. The molecule has 116 valence electrons. The molecule has 2 aromatic heterocycles. The molecule has 0 saturated heterocycles. The van der Waals surface area contributed by atoms with E-state index >= 15 is 0 Å². The van der Waals surface area contributed by atoms with Gasteiger partial charge in [0.25, 0.3) is 0 Å². The van der Waals surface area contributed by atoms with Crippen molar-refractivity contribution < 1.29 is 5.11 Å². The molecular formula is C15H24N4OS. The Bertz CT molecular complexity index is 617. The molecule has 0 bridgehead atoms. The Labute approximate surface area is 130 Å². The van der Waals surface area contributed by atoms with Crippen LogP contribution in [0.15, 0.2) is 0 Å². The van der Waals surface area contributed by atoms with Crippen LogP contribution in [0, 0.1) is 27.7 Å². The zero-order valence-electron chi connectivity index (χ0n) is 13.4. The smallest absolute Gasteiger partial charge is 0.0900 e. The Morgan fingerprint density at radius 2 is 1.95 bits per heavy atom. The zero-order chi connectivity index (χ0) is 15.6. The molecule has 0 fully saturated rings. The standard InChI is InChI=1S/C15H24N4OS/c1-9-14(12(4)19(18-9)6-7-20)8-16-10(2)15-11(3)17-13(5)21-15/h10,16,20H,6-8H2,1-5H3/t10-/m0/s1. The van der Waals surface area contributed by atoms with Crippen molar-refractivity contribution in [3.63, 3.8) is 0 Å². The van der Waals surface area contributed by atoms with Crippen LogP contribution < -0.4 is 5.32 Å². The van der Waals surface area contributed by atoms with E-state index in [-0.39, 0.29) is 12.6 Å². The van der Waals surface area contributed by atoms with Gasteiger partial charge in [0.2, 0.25) is 0 Å². The molecular weight excluding hydrogens is 284 g/mol. The number of nitrogens with zero attached hydrogens (tertiary/aromatic N) is 3.